The SMILES string of the molecule is COc1ccc(NC(=O)/C(C#N)=C\c2ccc(OCc3ccccc3)c(I)c2)cc1. The number of ether oxygens (including phenoxy) is 2. The van der Waals surface area contributed by atoms with Crippen LogP contribution in [0.15, 0.2) is 78.4 Å². The monoisotopic (exact) mass is 510 g/mol. The van der Waals surface area contributed by atoms with Crippen molar-refractivity contribution < 1.29 is 14.3 Å². The normalized spacial score (nSPS) is 10.8. The van der Waals surface area contributed by atoms with Gasteiger partial charge in [-0.05, 0) is 76.2 Å². The summed E-state index contributed by atoms with van der Waals surface area (Å²) in [7, 11) is 1.57. The van der Waals surface area contributed by atoms with Crippen LogP contribution in [0.4, 0.5) is 5.69 Å². The fourth-order valence-corrected chi connectivity index (χ4v) is 3.34. The summed E-state index contributed by atoms with van der Waals surface area (Å²) in [6, 6.07) is 24.3. The van der Waals surface area contributed by atoms with Crippen LogP contribution in [-0.2, 0) is 11.4 Å². The highest BCUT2D eigenvalue weighted by Gasteiger charge is 2.11. The number of nitriles is 1. The number of hydrogen-bond donors (Lipinski definition) is 1. The molecule has 0 fully saturated rings. The van der Waals surface area contributed by atoms with E-state index in [-0.39, 0.29) is 5.57 Å². The molecule has 6 heteroatoms. The lowest BCUT2D eigenvalue weighted by molar-refractivity contribution is -0.112. The number of amides is 1. The van der Waals surface area contributed by atoms with Crippen molar-refractivity contribution in [1.29, 1.82) is 5.26 Å². The van der Waals surface area contributed by atoms with E-state index in [1.165, 1.54) is 0 Å². The van der Waals surface area contributed by atoms with Gasteiger partial charge in [-0.25, -0.2) is 0 Å². The maximum Gasteiger partial charge on any atom is 0.266 e. The molecule has 150 valence electrons. The van der Waals surface area contributed by atoms with Gasteiger partial charge in [0.15, 0.2) is 0 Å². The third kappa shape index (κ3) is 5.84. The zero-order valence-corrected chi connectivity index (χ0v) is 18.4. The van der Waals surface area contributed by atoms with E-state index in [0.29, 0.717) is 18.0 Å². The summed E-state index contributed by atoms with van der Waals surface area (Å²) in [4.78, 5) is 12.5. The molecule has 3 aromatic rings. The second-order valence-electron chi connectivity index (χ2n) is 6.32. The first kappa shape index (κ1) is 21.4. The zero-order chi connectivity index (χ0) is 21.3. The number of rotatable bonds is 7. The molecule has 3 rings (SSSR count). The average Bonchev–Trinajstić information content (AvgIpc) is 2.78. The Kier molecular flexibility index (Phi) is 7.46. The summed E-state index contributed by atoms with van der Waals surface area (Å²) in [6.07, 6.45) is 1.56. The van der Waals surface area contributed by atoms with Gasteiger partial charge in [-0.15, -0.1) is 0 Å². The van der Waals surface area contributed by atoms with E-state index in [1.807, 2.05) is 54.6 Å². The molecular formula is C24H19IN2O3. The second kappa shape index (κ2) is 10.5. The Bertz CT molecular complexity index is 1090. The van der Waals surface area contributed by atoms with Gasteiger partial charge in [0.1, 0.15) is 29.7 Å². The molecule has 1 N–H and O–H groups in total. The van der Waals surface area contributed by atoms with Gasteiger partial charge in [0.25, 0.3) is 5.91 Å². The third-order valence-electron chi connectivity index (χ3n) is 4.22. The average molecular weight is 510 g/mol. The molecule has 0 unspecified atom stereocenters. The van der Waals surface area contributed by atoms with Crippen LogP contribution >= 0.6 is 22.6 Å². The Balaban J connectivity index is 1.69. The largest absolute Gasteiger partial charge is 0.497 e. The van der Waals surface area contributed by atoms with Crippen molar-refractivity contribution in [2.24, 2.45) is 0 Å². The van der Waals surface area contributed by atoms with Crippen molar-refractivity contribution in [2.45, 2.75) is 6.61 Å². The zero-order valence-electron chi connectivity index (χ0n) is 16.3. The number of anilines is 1. The minimum absolute atomic E-state index is 0.0135. The van der Waals surface area contributed by atoms with Crippen molar-refractivity contribution >= 4 is 40.3 Å². The van der Waals surface area contributed by atoms with Gasteiger partial charge in [-0.3, -0.25) is 4.79 Å². The summed E-state index contributed by atoms with van der Waals surface area (Å²) in [5.41, 5.74) is 2.42. The maximum absolute atomic E-state index is 12.5. The van der Waals surface area contributed by atoms with Crippen LogP contribution in [0.25, 0.3) is 6.08 Å². The van der Waals surface area contributed by atoms with Crippen LogP contribution in [0, 0.1) is 14.9 Å². The molecule has 5 nitrogen and oxygen atoms in total. The number of halogens is 1. The van der Waals surface area contributed by atoms with E-state index < -0.39 is 5.91 Å². The molecule has 0 heterocycles. The Labute approximate surface area is 189 Å². The van der Waals surface area contributed by atoms with Gasteiger partial charge >= 0.3 is 0 Å². The third-order valence-corrected chi connectivity index (χ3v) is 5.06. The van der Waals surface area contributed by atoms with E-state index in [4.69, 9.17) is 9.47 Å². The Morgan fingerprint density at radius 1 is 1.10 bits per heavy atom. The molecular weight excluding hydrogens is 491 g/mol. The molecule has 30 heavy (non-hydrogen) atoms. The highest BCUT2D eigenvalue weighted by molar-refractivity contribution is 14.1. The second-order valence-corrected chi connectivity index (χ2v) is 7.48. The van der Waals surface area contributed by atoms with E-state index in [1.54, 1.807) is 37.5 Å². The molecule has 0 spiro atoms. The van der Waals surface area contributed by atoms with Crippen LogP contribution in [0.2, 0.25) is 0 Å². The first-order chi connectivity index (χ1) is 14.6. The Morgan fingerprint density at radius 2 is 1.83 bits per heavy atom. The number of nitrogens with one attached hydrogen (secondary N) is 1. The van der Waals surface area contributed by atoms with E-state index in [2.05, 4.69) is 27.9 Å². The molecule has 0 bridgehead atoms. The highest BCUT2D eigenvalue weighted by Crippen LogP contribution is 2.24. The van der Waals surface area contributed by atoms with Crippen molar-refractivity contribution in [3.8, 4) is 17.6 Å². The van der Waals surface area contributed by atoms with Gasteiger partial charge in [0.05, 0.1) is 10.7 Å². The van der Waals surface area contributed by atoms with Crippen LogP contribution in [-0.4, -0.2) is 13.0 Å². The number of benzene rings is 3. The number of hydrogen-bond acceptors (Lipinski definition) is 4. The van der Waals surface area contributed by atoms with Gasteiger partial charge in [0.2, 0.25) is 0 Å². The quantitative estimate of drug-likeness (QED) is 0.262. The number of methoxy groups -OCH3 is 1. The highest BCUT2D eigenvalue weighted by atomic mass is 127. The number of nitrogens with zero attached hydrogens (tertiary/aromatic N) is 1. The van der Waals surface area contributed by atoms with E-state index >= 15 is 0 Å². The lowest BCUT2D eigenvalue weighted by atomic mass is 10.1. The number of carbonyl (C=O) groups excluding carboxylic acids is 1. The minimum atomic E-state index is -0.470. The van der Waals surface area contributed by atoms with Gasteiger partial charge in [-0.2, -0.15) is 5.26 Å². The van der Waals surface area contributed by atoms with Crippen molar-refractivity contribution in [1.82, 2.24) is 0 Å². The molecule has 0 radical (unpaired) electrons. The molecule has 0 aromatic heterocycles. The summed E-state index contributed by atoms with van der Waals surface area (Å²) < 4.78 is 11.9. The van der Waals surface area contributed by atoms with Crippen LogP contribution in [0.5, 0.6) is 11.5 Å². The fraction of sp³-hybridized carbons (Fsp3) is 0.0833. The number of carbonyl (C=O) groups is 1. The summed E-state index contributed by atoms with van der Waals surface area (Å²) >= 11 is 2.18. The van der Waals surface area contributed by atoms with Crippen LogP contribution < -0.4 is 14.8 Å². The molecule has 0 saturated carbocycles. The lowest BCUT2D eigenvalue weighted by Gasteiger charge is -2.09. The van der Waals surface area contributed by atoms with Gasteiger partial charge in [-0.1, -0.05) is 36.4 Å². The molecule has 1 amide bonds. The smallest absolute Gasteiger partial charge is 0.266 e. The fourth-order valence-electron chi connectivity index (χ4n) is 2.65. The molecule has 0 aliphatic rings. The lowest BCUT2D eigenvalue weighted by Crippen LogP contribution is -2.13. The summed E-state index contributed by atoms with van der Waals surface area (Å²) in [6.45, 7) is 0.472. The predicted octanol–water partition coefficient (Wildman–Crippen LogP) is 5.42. The standard InChI is InChI=1S/C24H19IN2O3/c1-29-21-10-8-20(9-11-21)27-24(28)19(15-26)13-18-7-12-23(22(25)14-18)30-16-17-5-3-2-4-6-17/h2-14H,16H2,1H3,(H,27,28)/b19-13-. The van der Waals surface area contributed by atoms with Crippen LogP contribution in [0.3, 0.4) is 0 Å². The predicted molar refractivity (Wildman–Crippen MR) is 125 cm³/mol. The molecule has 0 aliphatic heterocycles. The molecule has 0 aliphatic carbocycles. The van der Waals surface area contributed by atoms with E-state index in [9.17, 15) is 10.1 Å². The Hall–Kier alpha value is -3.31. The first-order valence-corrected chi connectivity index (χ1v) is 10.2. The molecule has 0 atom stereocenters. The van der Waals surface area contributed by atoms with E-state index in [0.717, 1.165) is 20.4 Å². The molecule has 3 aromatic carbocycles. The van der Waals surface area contributed by atoms with Gasteiger partial charge in [0, 0.05) is 5.69 Å². The van der Waals surface area contributed by atoms with Crippen molar-refractivity contribution in [3.05, 3.63) is 93.1 Å². The topological polar surface area (TPSA) is 71.3 Å². The summed E-state index contributed by atoms with van der Waals surface area (Å²) in [5, 5.41) is 12.1. The minimum Gasteiger partial charge on any atom is -0.497 e. The molecule has 0 saturated heterocycles. The van der Waals surface area contributed by atoms with Crippen molar-refractivity contribution in [3.63, 3.8) is 0 Å². The van der Waals surface area contributed by atoms with Gasteiger partial charge < -0.3 is 14.8 Å². The van der Waals surface area contributed by atoms with Crippen molar-refractivity contribution in [2.75, 3.05) is 12.4 Å². The summed E-state index contributed by atoms with van der Waals surface area (Å²) in [5.74, 6) is 0.966. The Morgan fingerprint density at radius 3 is 2.47 bits per heavy atom. The first-order valence-electron chi connectivity index (χ1n) is 9.12. The maximum atomic E-state index is 12.5. The van der Waals surface area contributed by atoms with Crippen LogP contribution in [0.1, 0.15) is 11.1 Å².